The van der Waals surface area contributed by atoms with Gasteiger partial charge in [-0.25, -0.2) is 4.79 Å². The Morgan fingerprint density at radius 1 is 1.08 bits per heavy atom. The predicted molar refractivity (Wildman–Crippen MR) is 97.0 cm³/mol. The number of carbonyl (C=O) groups is 3. The summed E-state index contributed by atoms with van der Waals surface area (Å²) in [5, 5.41) is 5.25. The zero-order chi connectivity index (χ0) is 18.2. The molecule has 0 radical (unpaired) electrons. The maximum atomic E-state index is 12.0. The number of amides is 2. The van der Waals surface area contributed by atoms with Crippen molar-refractivity contribution in [3.8, 4) is 0 Å². The summed E-state index contributed by atoms with van der Waals surface area (Å²) in [5.74, 6) is -1.27. The van der Waals surface area contributed by atoms with Gasteiger partial charge in [-0.2, -0.15) is 0 Å². The van der Waals surface area contributed by atoms with Crippen LogP contribution in [0.2, 0.25) is 0 Å². The molecule has 2 aromatic carbocycles. The van der Waals surface area contributed by atoms with Gasteiger partial charge in [0.2, 0.25) is 5.91 Å². The highest BCUT2D eigenvalue weighted by Crippen LogP contribution is 2.12. The lowest BCUT2D eigenvalue weighted by Crippen LogP contribution is -2.28. The number of hydrogen-bond acceptors (Lipinski definition) is 4. The Kier molecular flexibility index (Phi) is 6.71. The quantitative estimate of drug-likeness (QED) is 0.724. The van der Waals surface area contributed by atoms with Gasteiger partial charge in [-0.1, -0.05) is 34.1 Å². The second-order valence-electron chi connectivity index (χ2n) is 5.24. The van der Waals surface area contributed by atoms with Gasteiger partial charge in [0.15, 0.2) is 6.61 Å². The van der Waals surface area contributed by atoms with Gasteiger partial charge >= 0.3 is 5.97 Å². The number of rotatable bonds is 6. The topological polar surface area (TPSA) is 84.5 Å². The van der Waals surface area contributed by atoms with Crippen molar-refractivity contribution in [3.05, 3.63) is 64.1 Å². The van der Waals surface area contributed by atoms with E-state index in [0.717, 1.165) is 10.0 Å². The van der Waals surface area contributed by atoms with Crippen molar-refractivity contribution in [1.82, 2.24) is 5.32 Å². The van der Waals surface area contributed by atoms with Gasteiger partial charge in [0, 0.05) is 23.6 Å². The lowest BCUT2D eigenvalue weighted by Gasteiger charge is -2.08. The third-order valence-corrected chi connectivity index (χ3v) is 3.62. The molecule has 0 unspecified atom stereocenters. The number of benzene rings is 2. The highest BCUT2D eigenvalue weighted by atomic mass is 79.9. The first-order valence-corrected chi connectivity index (χ1v) is 8.29. The molecule has 0 saturated heterocycles. The number of nitrogens with one attached hydrogen (secondary N) is 2. The monoisotopic (exact) mass is 404 g/mol. The minimum atomic E-state index is -0.634. The maximum absolute atomic E-state index is 12.0. The molecule has 6 nitrogen and oxygen atoms in total. The van der Waals surface area contributed by atoms with Crippen LogP contribution in [0.3, 0.4) is 0 Å². The third kappa shape index (κ3) is 6.39. The van der Waals surface area contributed by atoms with Crippen LogP contribution in [-0.2, 0) is 20.9 Å². The van der Waals surface area contributed by atoms with E-state index < -0.39 is 11.9 Å². The second-order valence-corrected chi connectivity index (χ2v) is 6.16. The van der Waals surface area contributed by atoms with E-state index in [0.29, 0.717) is 12.2 Å². The zero-order valence-corrected chi connectivity index (χ0v) is 15.1. The highest BCUT2D eigenvalue weighted by molar-refractivity contribution is 9.10. The Bertz CT molecular complexity index is 792. The molecule has 25 heavy (non-hydrogen) atoms. The SMILES string of the molecule is CC(=O)Nc1cccc(C(=O)OCC(=O)NCc2cccc(Br)c2)c1. The molecule has 7 heteroatoms. The minimum Gasteiger partial charge on any atom is -0.452 e. The van der Waals surface area contributed by atoms with E-state index in [1.54, 1.807) is 18.2 Å². The minimum absolute atomic E-state index is 0.238. The molecule has 0 aliphatic rings. The molecule has 0 spiro atoms. The van der Waals surface area contributed by atoms with Crippen LogP contribution in [0.5, 0.6) is 0 Å². The van der Waals surface area contributed by atoms with Crippen LogP contribution < -0.4 is 10.6 Å². The van der Waals surface area contributed by atoms with Crippen molar-refractivity contribution in [2.24, 2.45) is 0 Å². The largest absolute Gasteiger partial charge is 0.452 e. The van der Waals surface area contributed by atoms with E-state index in [1.165, 1.54) is 13.0 Å². The van der Waals surface area contributed by atoms with Gasteiger partial charge in [-0.15, -0.1) is 0 Å². The Labute approximate surface area is 153 Å². The highest BCUT2D eigenvalue weighted by Gasteiger charge is 2.11. The average Bonchev–Trinajstić information content (AvgIpc) is 2.57. The van der Waals surface area contributed by atoms with E-state index >= 15 is 0 Å². The molecule has 2 amide bonds. The summed E-state index contributed by atoms with van der Waals surface area (Å²) in [6.07, 6.45) is 0. The van der Waals surface area contributed by atoms with Crippen molar-refractivity contribution in [2.75, 3.05) is 11.9 Å². The van der Waals surface area contributed by atoms with E-state index in [-0.39, 0.29) is 18.1 Å². The Morgan fingerprint density at radius 3 is 2.56 bits per heavy atom. The van der Waals surface area contributed by atoms with E-state index in [9.17, 15) is 14.4 Å². The molecule has 0 aromatic heterocycles. The van der Waals surface area contributed by atoms with Crippen molar-refractivity contribution >= 4 is 39.4 Å². The maximum Gasteiger partial charge on any atom is 0.338 e. The van der Waals surface area contributed by atoms with Crippen molar-refractivity contribution < 1.29 is 19.1 Å². The zero-order valence-electron chi connectivity index (χ0n) is 13.5. The van der Waals surface area contributed by atoms with Gasteiger partial charge in [-0.05, 0) is 35.9 Å². The summed E-state index contributed by atoms with van der Waals surface area (Å²) in [7, 11) is 0. The molecule has 0 aliphatic heterocycles. The predicted octanol–water partition coefficient (Wildman–Crippen LogP) is 2.88. The van der Waals surface area contributed by atoms with Gasteiger partial charge < -0.3 is 15.4 Å². The van der Waals surface area contributed by atoms with Crippen LogP contribution in [0.15, 0.2) is 53.0 Å². The molecule has 0 saturated carbocycles. The van der Waals surface area contributed by atoms with Crippen LogP contribution in [0, 0.1) is 0 Å². The molecule has 2 rings (SSSR count). The van der Waals surface area contributed by atoms with E-state index in [4.69, 9.17) is 4.74 Å². The van der Waals surface area contributed by atoms with E-state index in [1.807, 2.05) is 24.3 Å². The molecular weight excluding hydrogens is 388 g/mol. The van der Waals surface area contributed by atoms with Crippen molar-refractivity contribution in [1.29, 1.82) is 0 Å². The van der Waals surface area contributed by atoms with Gasteiger partial charge in [0.25, 0.3) is 5.91 Å². The van der Waals surface area contributed by atoms with Crippen molar-refractivity contribution in [2.45, 2.75) is 13.5 Å². The average molecular weight is 405 g/mol. The summed E-state index contributed by atoms with van der Waals surface area (Å²) in [6.45, 7) is 1.34. The third-order valence-electron chi connectivity index (χ3n) is 3.13. The normalized spacial score (nSPS) is 10.0. The summed E-state index contributed by atoms with van der Waals surface area (Å²) < 4.78 is 5.91. The Balaban J connectivity index is 1.83. The molecule has 130 valence electrons. The van der Waals surface area contributed by atoms with Crippen LogP contribution in [0.1, 0.15) is 22.8 Å². The van der Waals surface area contributed by atoms with Crippen LogP contribution in [0.25, 0.3) is 0 Å². The molecule has 0 bridgehead atoms. The van der Waals surface area contributed by atoms with E-state index in [2.05, 4.69) is 26.6 Å². The first-order valence-electron chi connectivity index (χ1n) is 7.50. The standard InChI is InChI=1S/C18H17BrN2O4/c1-12(22)21-16-7-3-5-14(9-16)18(24)25-11-17(23)20-10-13-4-2-6-15(19)8-13/h2-9H,10-11H2,1H3,(H,20,23)(H,21,22). The number of hydrogen-bond donors (Lipinski definition) is 2. The number of carbonyl (C=O) groups excluding carboxylic acids is 3. The van der Waals surface area contributed by atoms with Gasteiger partial charge in [0.05, 0.1) is 5.56 Å². The Morgan fingerprint density at radius 2 is 1.84 bits per heavy atom. The van der Waals surface area contributed by atoms with Crippen LogP contribution in [0.4, 0.5) is 5.69 Å². The molecular formula is C18H17BrN2O4. The summed E-state index contributed by atoms with van der Waals surface area (Å²) in [4.78, 5) is 34.8. The van der Waals surface area contributed by atoms with Crippen molar-refractivity contribution in [3.63, 3.8) is 0 Å². The summed E-state index contributed by atoms with van der Waals surface area (Å²) in [6, 6.07) is 13.8. The Hall–Kier alpha value is -2.67. The molecule has 2 aromatic rings. The lowest BCUT2D eigenvalue weighted by atomic mass is 10.2. The number of halogens is 1. The fourth-order valence-electron chi connectivity index (χ4n) is 2.04. The first-order chi connectivity index (χ1) is 11.9. The second kappa shape index (κ2) is 8.98. The number of esters is 1. The van der Waals surface area contributed by atoms with Crippen LogP contribution in [-0.4, -0.2) is 24.4 Å². The van der Waals surface area contributed by atoms with Gasteiger partial charge in [0.1, 0.15) is 0 Å². The molecule has 0 heterocycles. The number of ether oxygens (including phenoxy) is 1. The van der Waals surface area contributed by atoms with Crippen LogP contribution >= 0.6 is 15.9 Å². The number of anilines is 1. The summed E-state index contributed by atoms with van der Waals surface area (Å²) in [5.41, 5.74) is 1.67. The first kappa shape index (κ1) is 18.7. The fraction of sp³-hybridized carbons (Fsp3) is 0.167. The molecule has 0 fully saturated rings. The molecule has 2 N–H and O–H groups in total. The molecule has 0 aliphatic carbocycles. The van der Waals surface area contributed by atoms with Gasteiger partial charge in [-0.3, -0.25) is 9.59 Å². The summed E-state index contributed by atoms with van der Waals surface area (Å²) >= 11 is 3.36. The lowest BCUT2D eigenvalue weighted by molar-refractivity contribution is -0.124. The molecule has 0 atom stereocenters. The smallest absolute Gasteiger partial charge is 0.338 e. The fourth-order valence-corrected chi connectivity index (χ4v) is 2.49.